The molecule has 2 aliphatic heterocycles. The number of halogens is 1. The summed E-state index contributed by atoms with van der Waals surface area (Å²) in [7, 11) is 0. The smallest absolute Gasteiger partial charge is 0.414 e. The van der Waals surface area contributed by atoms with E-state index in [1.807, 2.05) is 4.90 Å². The minimum Gasteiger partial charge on any atom is -0.442 e. The maximum Gasteiger partial charge on any atom is 0.414 e. The normalized spacial score (nSPS) is 20.0. The number of tetrazole rings is 1. The molecule has 1 aromatic carbocycles. The molecule has 12 heteroatoms. The number of piperidine rings is 1. The summed E-state index contributed by atoms with van der Waals surface area (Å²) in [6.07, 6.45) is 5.67. The quantitative estimate of drug-likeness (QED) is 0.616. The number of carbonyl (C=O) groups excluding carboxylic acids is 1. The van der Waals surface area contributed by atoms with Crippen molar-refractivity contribution >= 4 is 17.5 Å². The molecule has 156 valence electrons. The van der Waals surface area contributed by atoms with Gasteiger partial charge in [-0.15, -0.1) is 10.2 Å². The van der Waals surface area contributed by atoms with Crippen molar-refractivity contribution in [3.63, 3.8) is 0 Å². The number of anilines is 2. The summed E-state index contributed by atoms with van der Waals surface area (Å²) >= 11 is 0. The Balaban J connectivity index is 1.24. The molecule has 0 aliphatic carbocycles. The largest absolute Gasteiger partial charge is 0.442 e. The van der Waals surface area contributed by atoms with E-state index in [2.05, 4.69) is 25.8 Å². The molecule has 1 amide bonds. The van der Waals surface area contributed by atoms with Crippen molar-refractivity contribution in [1.29, 1.82) is 0 Å². The zero-order valence-corrected chi connectivity index (χ0v) is 16.1. The predicted octanol–water partition coefficient (Wildman–Crippen LogP) is 1.27. The van der Waals surface area contributed by atoms with Gasteiger partial charge in [-0.25, -0.2) is 18.5 Å². The van der Waals surface area contributed by atoms with Crippen molar-refractivity contribution < 1.29 is 13.9 Å². The van der Waals surface area contributed by atoms with E-state index in [0.717, 1.165) is 12.8 Å². The van der Waals surface area contributed by atoms with Gasteiger partial charge in [0.2, 0.25) is 0 Å². The van der Waals surface area contributed by atoms with E-state index in [0.29, 0.717) is 37.6 Å². The van der Waals surface area contributed by atoms with Crippen LogP contribution in [0, 0.1) is 5.82 Å². The van der Waals surface area contributed by atoms with Crippen molar-refractivity contribution in [2.75, 3.05) is 29.4 Å². The van der Waals surface area contributed by atoms with Crippen LogP contribution in [-0.2, 0) is 11.3 Å². The molecule has 0 spiro atoms. The Morgan fingerprint density at radius 1 is 1.17 bits per heavy atom. The second kappa shape index (κ2) is 7.69. The van der Waals surface area contributed by atoms with Crippen LogP contribution in [0.5, 0.6) is 0 Å². The van der Waals surface area contributed by atoms with Crippen molar-refractivity contribution in [1.82, 2.24) is 35.2 Å². The maximum atomic E-state index is 14.9. The van der Waals surface area contributed by atoms with Crippen LogP contribution in [-0.4, -0.2) is 67.0 Å². The number of hydrogen-bond donors (Lipinski definition) is 0. The minimum atomic E-state index is -0.491. The van der Waals surface area contributed by atoms with Gasteiger partial charge in [0.25, 0.3) is 0 Å². The summed E-state index contributed by atoms with van der Waals surface area (Å²) in [4.78, 5) is 15.7. The highest BCUT2D eigenvalue weighted by Crippen LogP contribution is 2.31. The Kier molecular flexibility index (Phi) is 4.73. The summed E-state index contributed by atoms with van der Waals surface area (Å²) in [6.45, 7) is 2.13. The third-order valence-electron chi connectivity index (χ3n) is 5.52. The van der Waals surface area contributed by atoms with E-state index in [-0.39, 0.29) is 18.0 Å². The van der Waals surface area contributed by atoms with Crippen LogP contribution in [0.4, 0.5) is 20.6 Å². The fraction of sp³-hybridized carbons (Fsp3) is 0.444. The van der Waals surface area contributed by atoms with Gasteiger partial charge in [-0.3, -0.25) is 4.90 Å². The lowest BCUT2D eigenvalue weighted by Crippen LogP contribution is -2.35. The molecule has 30 heavy (non-hydrogen) atoms. The summed E-state index contributed by atoms with van der Waals surface area (Å²) in [5.41, 5.74) is 1.01. The SMILES string of the molecule is O=C1O[C@@H](Cn2ccnn2)CN1c1ccc(N2CCC(n3cnnn3)CC2)c(F)c1. The molecule has 2 aromatic heterocycles. The maximum absolute atomic E-state index is 14.9. The van der Waals surface area contributed by atoms with Crippen LogP contribution in [0.3, 0.4) is 0 Å². The van der Waals surface area contributed by atoms with Gasteiger partial charge in [0.05, 0.1) is 36.7 Å². The summed E-state index contributed by atoms with van der Waals surface area (Å²) in [5, 5.41) is 18.9. The topological polar surface area (TPSA) is 107 Å². The highest BCUT2D eigenvalue weighted by molar-refractivity contribution is 5.90. The van der Waals surface area contributed by atoms with Gasteiger partial charge in [-0.1, -0.05) is 5.21 Å². The Morgan fingerprint density at radius 3 is 2.73 bits per heavy atom. The van der Waals surface area contributed by atoms with E-state index >= 15 is 0 Å². The first-order valence-electron chi connectivity index (χ1n) is 9.76. The molecule has 2 aliphatic rings. The summed E-state index contributed by atoms with van der Waals surface area (Å²) in [5.74, 6) is -0.360. The van der Waals surface area contributed by atoms with Crippen LogP contribution in [0.2, 0.25) is 0 Å². The number of nitrogens with zero attached hydrogens (tertiary/aromatic N) is 9. The standard InChI is InChI=1S/C18H20FN9O2/c19-16-9-14(27-11-15(30-18(27)29)10-26-8-5-20-23-26)1-2-17(16)25-6-3-13(4-7-25)28-12-21-22-24-28/h1-2,5,8-9,12-13,15H,3-4,6-7,10-11H2/t15-/m0/s1. The van der Waals surface area contributed by atoms with Crippen LogP contribution in [0.1, 0.15) is 18.9 Å². The van der Waals surface area contributed by atoms with E-state index in [1.54, 1.807) is 40.2 Å². The fourth-order valence-corrected chi connectivity index (χ4v) is 3.99. The molecule has 1 atom stereocenters. The number of aromatic nitrogens is 7. The van der Waals surface area contributed by atoms with Gasteiger partial charge < -0.3 is 9.64 Å². The number of hydrogen-bond acceptors (Lipinski definition) is 8. The van der Waals surface area contributed by atoms with E-state index in [1.165, 1.54) is 11.0 Å². The minimum absolute atomic E-state index is 0.222. The number of rotatable bonds is 5. The Hall–Kier alpha value is -3.57. The van der Waals surface area contributed by atoms with Crippen LogP contribution in [0.15, 0.2) is 36.9 Å². The molecule has 0 bridgehead atoms. The molecule has 5 rings (SSSR count). The van der Waals surface area contributed by atoms with Crippen LogP contribution >= 0.6 is 0 Å². The predicted molar refractivity (Wildman–Crippen MR) is 102 cm³/mol. The van der Waals surface area contributed by atoms with Crippen molar-refractivity contribution in [2.45, 2.75) is 31.5 Å². The summed E-state index contributed by atoms with van der Waals surface area (Å²) < 4.78 is 23.6. The molecule has 4 heterocycles. The number of benzene rings is 1. The molecule has 2 fully saturated rings. The molecular weight excluding hydrogens is 393 g/mol. The van der Waals surface area contributed by atoms with Crippen molar-refractivity contribution in [3.8, 4) is 0 Å². The van der Waals surface area contributed by atoms with E-state index in [9.17, 15) is 9.18 Å². The highest BCUT2D eigenvalue weighted by Gasteiger charge is 2.33. The zero-order valence-electron chi connectivity index (χ0n) is 16.1. The second-order valence-electron chi connectivity index (χ2n) is 7.39. The number of amides is 1. The number of cyclic esters (lactones) is 1. The van der Waals surface area contributed by atoms with Gasteiger partial charge >= 0.3 is 6.09 Å². The Morgan fingerprint density at radius 2 is 2.03 bits per heavy atom. The van der Waals surface area contributed by atoms with Crippen LogP contribution in [0.25, 0.3) is 0 Å². The lowest BCUT2D eigenvalue weighted by atomic mass is 10.0. The molecule has 0 N–H and O–H groups in total. The average Bonchev–Trinajstić information content (AvgIpc) is 3.51. The van der Waals surface area contributed by atoms with Crippen molar-refractivity contribution in [3.05, 3.63) is 42.7 Å². The van der Waals surface area contributed by atoms with Gasteiger partial charge in [0.15, 0.2) is 0 Å². The molecule has 0 saturated carbocycles. The lowest BCUT2D eigenvalue weighted by molar-refractivity contribution is 0.129. The first kappa shape index (κ1) is 18.5. The Labute approximate surface area is 171 Å². The van der Waals surface area contributed by atoms with E-state index in [4.69, 9.17) is 4.74 Å². The molecule has 3 aromatic rings. The second-order valence-corrected chi connectivity index (χ2v) is 7.39. The number of carbonyl (C=O) groups is 1. The Bertz CT molecular complexity index is 1000. The van der Waals surface area contributed by atoms with Crippen LogP contribution < -0.4 is 9.80 Å². The molecule has 0 unspecified atom stereocenters. The van der Waals surface area contributed by atoms with Gasteiger partial charge in [-0.05, 0) is 41.5 Å². The highest BCUT2D eigenvalue weighted by atomic mass is 19.1. The van der Waals surface area contributed by atoms with E-state index < -0.39 is 6.09 Å². The molecule has 0 radical (unpaired) electrons. The first-order chi connectivity index (χ1) is 14.7. The first-order valence-corrected chi connectivity index (χ1v) is 9.76. The van der Waals surface area contributed by atoms with Gasteiger partial charge in [0.1, 0.15) is 18.2 Å². The third kappa shape index (κ3) is 3.55. The fourth-order valence-electron chi connectivity index (χ4n) is 3.99. The lowest BCUT2D eigenvalue weighted by Gasteiger charge is -2.33. The number of ether oxygens (including phenoxy) is 1. The molecule has 11 nitrogen and oxygen atoms in total. The monoisotopic (exact) mass is 413 g/mol. The summed E-state index contributed by atoms with van der Waals surface area (Å²) in [6, 6.07) is 5.09. The van der Waals surface area contributed by atoms with Gasteiger partial charge in [0, 0.05) is 19.3 Å². The zero-order chi connectivity index (χ0) is 20.5. The van der Waals surface area contributed by atoms with Crippen molar-refractivity contribution in [2.24, 2.45) is 0 Å². The molecule has 2 saturated heterocycles. The third-order valence-corrected chi connectivity index (χ3v) is 5.52. The average molecular weight is 413 g/mol. The molecular formula is C18H20FN9O2. The van der Waals surface area contributed by atoms with Gasteiger partial charge in [-0.2, -0.15) is 0 Å².